The van der Waals surface area contributed by atoms with E-state index in [-0.39, 0.29) is 5.69 Å². The van der Waals surface area contributed by atoms with Crippen LogP contribution in [0.1, 0.15) is 19.3 Å². The van der Waals surface area contributed by atoms with Crippen LogP contribution in [0.4, 0.5) is 5.69 Å². The number of nitrogens with one attached hydrogen (secondary N) is 1. The van der Waals surface area contributed by atoms with Gasteiger partial charge in [-0.2, -0.15) is 0 Å². The fourth-order valence-corrected chi connectivity index (χ4v) is 3.50. The third-order valence-electron chi connectivity index (χ3n) is 3.97. The van der Waals surface area contributed by atoms with Gasteiger partial charge in [0.15, 0.2) is 0 Å². The molecule has 1 aromatic carbocycles. The first-order valence-corrected chi connectivity index (χ1v) is 8.75. The molecule has 0 amide bonds. The Bertz CT molecular complexity index is 653. The van der Waals surface area contributed by atoms with E-state index in [1.165, 1.54) is 44.5 Å². The van der Waals surface area contributed by atoms with Gasteiger partial charge in [0.1, 0.15) is 0 Å². The Kier molecular flexibility index (Phi) is 5.24. The van der Waals surface area contributed by atoms with E-state index in [2.05, 4.69) is 10.2 Å². The Morgan fingerprint density at radius 2 is 1.91 bits per heavy atom. The number of likely N-dealkylation sites (tertiary alicyclic amines) is 1. The lowest BCUT2D eigenvalue weighted by atomic mass is 10.1. The summed E-state index contributed by atoms with van der Waals surface area (Å²) in [4.78, 5) is 11.9. The lowest BCUT2D eigenvalue weighted by Gasteiger charge is -2.22. The van der Waals surface area contributed by atoms with Crippen LogP contribution in [-0.4, -0.2) is 40.5 Å². The number of aromatic nitrogens is 2. The molecule has 1 N–H and O–H groups in total. The molecule has 0 bridgehead atoms. The highest BCUT2D eigenvalue weighted by molar-refractivity contribution is 7.99. The summed E-state index contributed by atoms with van der Waals surface area (Å²) in [7, 11) is 0. The minimum Gasteiger partial charge on any atom is -0.411 e. The minimum atomic E-state index is -0.429. The highest BCUT2D eigenvalue weighted by Gasteiger charge is 2.15. The molecule has 1 aromatic heterocycles. The summed E-state index contributed by atoms with van der Waals surface area (Å²) < 4.78 is 5.62. The van der Waals surface area contributed by atoms with Crippen molar-refractivity contribution in [3.63, 3.8) is 0 Å². The van der Waals surface area contributed by atoms with Crippen LogP contribution in [0, 0.1) is 10.1 Å². The average Bonchev–Trinajstić information content (AvgIpc) is 3.05. The van der Waals surface area contributed by atoms with E-state index in [9.17, 15) is 10.1 Å². The van der Waals surface area contributed by atoms with Gasteiger partial charge in [-0.3, -0.25) is 10.1 Å². The molecular formula is C15H19N4O3S+. The second kappa shape index (κ2) is 7.56. The van der Waals surface area contributed by atoms with Crippen LogP contribution in [0.2, 0.25) is 0 Å². The maximum atomic E-state index is 10.7. The van der Waals surface area contributed by atoms with Gasteiger partial charge in [0, 0.05) is 17.7 Å². The average molecular weight is 335 g/mol. The fourth-order valence-electron chi connectivity index (χ4n) is 2.69. The molecule has 0 atom stereocenters. The van der Waals surface area contributed by atoms with Crippen molar-refractivity contribution in [1.82, 2.24) is 10.2 Å². The molecule has 0 saturated carbocycles. The molecule has 8 heteroatoms. The summed E-state index contributed by atoms with van der Waals surface area (Å²) in [6, 6.07) is 6.12. The van der Waals surface area contributed by atoms with Crippen molar-refractivity contribution in [3.05, 3.63) is 34.4 Å². The third-order valence-corrected chi connectivity index (χ3v) is 4.79. The summed E-state index contributed by atoms with van der Waals surface area (Å²) in [5.41, 5.74) is 0.740. The molecule has 1 saturated heterocycles. The van der Waals surface area contributed by atoms with E-state index < -0.39 is 4.92 Å². The van der Waals surface area contributed by atoms with Gasteiger partial charge in [-0.25, -0.2) is 0 Å². The van der Waals surface area contributed by atoms with E-state index in [0.29, 0.717) is 16.7 Å². The number of thioether (sulfide) groups is 1. The maximum Gasteiger partial charge on any atom is 0.277 e. The Hall–Kier alpha value is -1.93. The Morgan fingerprint density at radius 1 is 1.17 bits per heavy atom. The van der Waals surface area contributed by atoms with Crippen LogP contribution in [0.25, 0.3) is 11.5 Å². The zero-order valence-corrected chi connectivity index (χ0v) is 13.6. The molecule has 0 aliphatic carbocycles. The zero-order valence-electron chi connectivity index (χ0n) is 12.7. The minimum absolute atomic E-state index is 0.0485. The van der Waals surface area contributed by atoms with E-state index in [1.807, 2.05) is 0 Å². The summed E-state index contributed by atoms with van der Waals surface area (Å²) in [6.07, 6.45) is 4.01. The number of non-ortho nitro benzene ring substituents is 1. The number of quaternary nitrogens is 1. The van der Waals surface area contributed by atoms with Gasteiger partial charge in [-0.1, -0.05) is 11.8 Å². The van der Waals surface area contributed by atoms with Crippen molar-refractivity contribution in [2.45, 2.75) is 24.5 Å². The van der Waals surface area contributed by atoms with Crippen LogP contribution >= 0.6 is 11.8 Å². The lowest BCUT2D eigenvalue weighted by Crippen LogP contribution is -3.13. The van der Waals surface area contributed by atoms with Crippen LogP contribution in [-0.2, 0) is 0 Å². The van der Waals surface area contributed by atoms with Gasteiger partial charge >= 0.3 is 0 Å². The number of hydrogen-bond donors (Lipinski definition) is 1. The molecule has 122 valence electrons. The standard InChI is InChI=1S/C15H18N4O3S/c20-19(21)13-6-4-12(5-7-13)14-16-17-15(22-14)23-11-10-18-8-2-1-3-9-18/h4-7H,1-3,8-11H2/p+1. The fraction of sp³-hybridized carbons (Fsp3) is 0.467. The predicted octanol–water partition coefficient (Wildman–Crippen LogP) is 1.81. The van der Waals surface area contributed by atoms with Crippen molar-refractivity contribution in [1.29, 1.82) is 0 Å². The van der Waals surface area contributed by atoms with Crippen molar-refractivity contribution in [3.8, 4) is 11.5 Å². The lowest BCUT2D eigenvalue weighted by molar-refractivity contribution is -0.902. The summed E-state index contributed by atoms with van der Waals surface area (Å²) >= 11 is 1.57. The smallest absolute Gasteiger partial charge is 0.277 e. The summed E-state index contributed by atoms with van der Waals surface area (Å²) in [6.45, 7) is 3.64. The normalized spacial score (nSPS) is 15.7. The SMILES string of the molecule is O=[N+]([O-])c1ccc(-c2nnc(SCC[NH+]3CCCCC3)o2)cc1. The number of nitrogens with zero attached hydrogens (tertiary/aromatic N) is 3. The molecule has 2 aromatic rings. The molecule has 0 unspecified atom stereocenters. The number of hydrogen-bond acceptors (Lipinski definition) is 6. The number of benzene rings is 1. The number of nitro benzene ring substituents is 1. The highest BCUT2D eigenvalue weighted by Crippen LogP contribution is 2.24. The highest BCUT2D eigenvalue weighted by atomic mass is 32.2. The predicted molar refractivity (Wildman–Crippen MR) is 86.5 cm³/mol. The first kappa shape index (κ1) is 15.9. The van der Waals surface area contributed by atoms with Gasteiger partial charge in [0.05, 0.1) is 30.3 Å². The van der Waals surface area contributed by atoms with Crippen LogP contribution in [0.3, 0.4) is 0 Å². The van der Waals surface area contributed by atoms with E-state index in [0.717, 1.165) is 12.3 Å². The monoisotopic (exact) mass is 335 g/mol. The van der Waals surface area contributed by atoms with Crippen LogP contribution in [0.15, 0.2) is 33.9 Å². The van der Waals surface area contributed by atoms with Crippen LogP contribution < -0.4 is 4.90 Å². The van der Waals surface area contributed by atoms with Gasteiger partial charge in [0.2, 0.25) is 5.89 Å². The first-order valence-electron chi connectivity index (χ1n) is 7.77. The molecular weight excluding hydrogens is 316 g/mol. The molecule has 3 rings (SSSR count). The third kappa shape index (κ3) is 4.29. The largest absolute Gasteiger partial charge is 0.411 e. The van der Waals surface area contributed by atoms with Gasteiger partial charge in [-0.15, -0.1) is 10.2 Å². The Labute approximate surface area is 138 Å². The molecule has 7 nitrogen and oxygen atoms in total. The van der Waals surface area contributed by atoms with Crippen LogP contribution in [0.5, 0.6) is 0 Å². The maximum absolute atomic E-state index is 10.7. The summed E-state index contributed by atoms with van der Waals surface area (Å²) in [5, 5.41) is 19.2. The van der Waals surface area contributed by atoms with Gasteiger partial charge in [-0.05, 0) is 31.4 Å². The first-order chi connectivity index (χ1) is 11.2. The van der Waals surface area contributed by atoms with Gasteiger partial charge in [0.25, 0.3) is 10.9 Å². The van der Waals surface area contributed by atoms with Gasteiger partial charge < -0.3 is 9.32 Å². The number of piperidine rings is 1. The molecule has 2 heterocycles. The molecule has 23 heavy (non-hydrogen) atoms. The molecule has 0 radical (unpaired) electrons. The summed E-state index contributed by atoms with van der Waals surface area (Å²) in [5.74, 6) is 1.35. The van der Waals surface area contributed by atoms with Crippen molar-refractivity contribution in [2.24, 2.45) is 0 Å². The van der Waals surface area contributed by atoms with E-state index in [4.69, 9.17) is 4.42 Å². The molecule has 1 aliphatic rings. The Morgan fingerprint density at radius 3 is 2.61 bits per heavy atom. The molecule has 1 aliphatic heterocycles. The number of nitro groups is 1. The second-order valence-corrected chi connectivity index (χ2v) is 6.63. The van der Waals surface area contributed by atoms with Crippen molar-refractivity contribution < 1.29 is 14.2 Å². The molecule has 0 spiro atoms. The Balaban J connectivity index is 1.54. The van der Waals surface area contributed by atoms with Crippen molar-refractivity contribution in [2.75, 3.05) is 25.4 Å². The number of rotatable bonds is 6. The zero-order chi connectivity index (χ0) is 16.1. The topological polar surface area (TPSA) is 86.5 Å². The van der Waals surface area contributed by atoms with E-state index >= 15 is 0 Å². The second-order valence-electron chi connectivity index (χ2n) is 5.59. The van der Waals surface area contributed by atoms with Crippen molar-refractivity contribution >= 4 is 17.4 Å². The quantitative estimate of drug-likeness (QED) is 0.492. The molecule has 1 fully saturated rings. The van der Waals surface area contributed by atoms with E-state index in [1.54, 1.807) is 28.8 Å².